The minimum atomic E-state index is -5.49. The largest absolute Gasteiger partial charge is 0.495 e. The van der Waals surface area contributed by atoms with Crippen molar-refractivity contribution in [3.05, 3.63) is 22.4 Å². The van der Waals surface area contributed by atoms with Crippen molar-refractivity contribution in [1.29, 1.82) is 0 Å². The van der Waals surface area contributed by atoms with Gasteiger partial charge in [-0.25, -0.2) is 9.47 Å². The van der Waals surface area contributed by atoms with Gasteiger partial charge >= 0.3 is 18.5 Å². The summed E-state index contributed by atoms with van der Waals surface area (Å²) in [6.07, 6.45) is -19.1. The number of thiophene rings is 1. The molecule has 5 N–H and O–H groups in total. The van der Waals surface area contributed by atoms with Gasteiger partial charge in [0.15, 0.2) is 0 Å². The van der Waals surface area contributed by atoms with Crippen molar-refractivity contribution in [2.75, 3.05) is 99.1 Å². The number of hydrogen-bond acceptors (Lipinski definition) is 15. The third-order valence-electron chi connectivity index (χ3n) is 5.24. The Labute approximate surface area is 276 Å². The highest BCUT2D eigenvalue weighted by Gasteiger charge is 2.52. The van der Waals surface area contributed by atoms with Gasteiger partial charge in [0.2, 0.25) is 0 Å². The molecular formula is C27H44F6O14S. The summed E-state index contributed by atoms with van der Waals surface area (Å²) in [7, 11) is 0. The number of ether oxygens (including phenoxy) is 9. The predicted molar refractivity (Wildman–Crippen MR) is 152 cm³/mol. The van der Waals surface area contributed by atoms with Crippen LogP contribution in [0.25, 0.3) is 0 Å². The average molecular weight is 739 g/mol. The van der Waals surface area contributed by atoms with Crippen LogP contribution in [0.4, 0.5) is 26.3 Å². The molecule has 0 radical (unpaired) electrons. The van der Waals surface area contributed by atoms with Crippen molar-refractivity contribution >= 4 is 11.3 Å². The lowest BCUT2D eigenvalue weighted by atomic mass is 10.3. The number of rotatable bonds is 32. The van der Waals surface area contributed by atoms with Gasteiger partial charge in [0.25, 0.3) is 0 Å². The predicted octanol–water partition coefficient (Wildman–Crippen LogP) is 0.612. The van der Waals surface area contributed by atoms with Gasteiger partial charge in [0.1, 0.15) is 37.6 Å². The van der Waals surface area contributed by atoms with Gasteiger partial charge in [-0.2, -0.15) is 17.6 Å². The van der Waals surface area contributed by atoms with Crippen molar-refractivity contribution in [2.24, 2.45) is 0 Å². The van der Waals surface area contributed by atoms with Gasteiger partial charge in [0, 0.05) is 11.3 Å². The maximum Gasteiger partial charge on any atom is 0.495 e. The second-order valence-corrected chi connectivity index (χ2v) is 11.0. The van der Waals surface area contributed by atoms with E-state index in [1.807, 2.05) is 17.5 Å². The SMILES string of the molecule is OCCOCC(O)COCC(O)COCC(F)(F)OC(F)(F)OC(F)(F)COCCOCC(O)COCC(O)COCCc1cccs1. The van der Waals surface area contributed by atoms with E-state index in [4.69, 9.17) is 28.8 Å². The normalized spacial score (nSPS) is 15.5. The lowest BCUT2D eigenvalue weighted by Crippen LogP contribution is -2.44. The van der Waals surface area contributed by atoms with Crippen LogP contribution in [0, 0.1) is 0 Å². The van der Waals surface area contributed by atoms with E-state index in [-0.39, 0.29) is 59.5 Å². The summed E-state index contributed by atoms with van der Waals surface area (Å²) in [6, 6.07) is 3.88. The number of hydrogen-bond donors (Lipinski definition) is 5. The fourth-order valence-corrected chi connectivity index (χ4v) is 3.96. The molecule has 1 rings (SSSR count). The first-order valence-electron chi connectivity index (χ1n) is 14.6. The first kappa shape index (κ1) is 44.7. The van der Waals surface area contributed by atoms with Crippen molar-refractivity contribution in [3.8, 4) is 0 Å². The highest BCUT2D eigenvalue weighted by Crippen LogP contribution is 2.33. The molecule has 4 atom stereocenters. The van der Waals surface area contributed by atoms with Crippen LogP contribution in [-0.2, 0) is 49.1 Å². The van der Waals surface area contributed by atoms with Crippen LogP contribution < -0.4 is 0 Å². The third-order valence-corrected chi connectivity index (χ3v) is 6.18. The number of alkyl halides is 6. The zero-order valence-corrected chi connectivity index (χ0v) is 26.8. The van der Waals surface area contributed by atoms with Crippen LogP contribution >= 0.6 is 11.3 Å². The molecule has 48 heavy (non-hydrogen) atoms. The molecule has 14 nitrogen and oxygen atoms in total. The topological polar surface area (TPSA) is 184 Å². The first-order chi connectivity index (χ1) is 22.6. The maximum absolute atomic E-state index is 13.7. The van der Waals surface area contributed by atoms with Crippen LogP contribution in [0.1, 0.15) is 4.88 Å². The van der Waals surface area contributed by atoms with E-state index in [1.54, 1.807) is 11.3 Å². The van der Waals surface area contributed by atoms with Crippen LogP contribution in [0.3, 0.4) is 0 Å². The van der Waals surface area contributed by atoms with Crippen LogP contribution in [0.2, 0.25) is 0 Å². The molecular weight excluding hydrogens is 694 g/mol. The second-order valence-electron chi connectivity index (χ2n) is 9.98. The number of aliphatic hydroxyl groups is 5. The molecule has 1 aromatic heterocycles. The highest BCUT2D eigenvalue weighted by molar-refractivity contribution is 7.09. The minimum absolute atomic E-state index is 0.0256. The Morgan fingerprint density at radius 1 is 0.562 bits per heavy atom. The Morgan fingerprint density at radius 3 is 1.46 bits per heavy atom. The highest BCUT2D eigenvalue weighted by atomic mass is 32.1. The smallest absolute Gasteiger partial charge is 0.394 e. The summed E-state index contributed by atoms with van der Waals surface area (Å²) in [6.45, 7) is -6.99. The van der Waals surface area contributed by atoms with Gasteiger partial charge in [-0.3, -0.25) is 0 Å². The third kappa shape index (κ3) is 24.8. The second kappa shape index (κ2) is 24.8. The first-order valence-corrected chi connectivity index (χ1v) is 15.4. The van der Waals surface area contributed by atoms with Crippen molar-refractivity contribution in [2.45, 2.75) is 49.3 Å². The summed E-state index contributed by atoms with van der Waals surface area (Å²) in [5.41, 5.74) is 0. The molecule has 0 spiro atoms. The molecule has 1 aromatic rings. The molecule has 0 bridgehead atoms. The zero-order chi connectivity index (χ0) is 35.9. The standard InChI is InChI=1S/C27H44F6O14S/c28-25(29,18-42-8-7-41-12-22(37)15-43-13-20(35)10-39-5-3-24-2-1-9-48-24)46-27(32,33)47-26(30,31)19-45-17-23(38)16-44-14-21(36)11-40-6-4-34/h1-2,9,20-23,34-38H,3-8,10-19H2. The lowest BCUT2D eigenvalue weighted by Gasteiger charge is -2.26. The van der Waals surface area contributed by atoms with Gasteiger partial charge in [0.05, 0.1) is 85.9 Å². The van der Waals surface area contributed by atoms with E-state index in [0.717, 1.165) is 4.88 Å². The Kier molecular flexibility index (Phi) is 23.1. The molecule has 284 valence electrons. The molecule has 0 saturated heterocycles. The molecule has 0 aliphatic carbocycles. The van der Waals surface area contributed by atoms with Gasteiger partial charge in [-0.05, 0) is 11.4 Å². The number of halogens is 6. The fraction of sp³-hybridized carbons (Fsp3) is 0.852. The molecule has 0 amide bonds. The summed E-state index contributed by atoms with van der Waals surface area (Å²) < 4.78 is 122. The van der Waals surface area contributed by atoms with Crippen molar-refractivity contribution in [3.63, 3.8) is 0 Å². The quantitative estimate of drug-likeness (QED) is 0.0394. The molecule has 0 saturated carbocycles. The Hall–Kier alpha value is -1.28. The molecule has 1 heterocycles. The molecule has 0 aliphatic rings. The summed E-state index contributed by atoms with van der Waals surface area (Å²) in [5.74, 6) is 0. The Bertz CT molecular complexity index is 908. The number of aliphatic hydroxyl groups excluding tert-OH is 5. The van der Waals surface area contributed by atoms with Crippen LogP contribution in [0.5, 0.6) is 0 Å². The summed E-state index contributed by atoms with van der Waals surface area (Å²) >= 11 is 1.59. The van der Waals surface area contributed by atoms with E-state index in [2.05, 4.69) is 18.9 Å². The lowest BCUT2D eigenvalue weighted by molar-refractivity contribution is -0.518. The van der Waals surface area contributed by atoms with E-state index in [1.165, 1.54) is 0 Å². The van der Waals surface area contributed by atoms with E-state index in [0.29, 0.717) is 13.0 Å². The minimum Gasteiger partial charge on any atom is -0.394 e. The van der Waals surface area contributed by atoms with Gasteiger partial charge in [-0.1, -0.05) is 6.07 Å². The Balaban J connectivity index is 2.13. The monoisotopic (exact) mass is 738 g/mol. The molecule has 4 unspecified atom stereocenters. The molecule has 21 heteroatoms. The zero-order valence-electron chi connectivity index (χ0n) is 25.9. The molecule has 0 aliphatic heterocycles. The van der Waals surface area contributed by atoms with Gasteiger partial charge < -0.3 is 58.7 Å². The van der Waals surface area contributed by atoms with Gasteiger partial charge in [-0.15, -0.1) is 20.1 Å². The summed E-state index contributed by atoms with van der Waals surface area (Å²) in [5, 5.41) is 49.3. The maximum atomic E-state index is 13.7. The molecule has 0 fully saturated rings. The summed E-state index contributed by atoms with van der Waals surface area (Å²) in [4.78, 5) is 1.14. The molecule has 0 aromatic carbocycles. The van der Waals surface area contributed by atoms with E-state index < -0.39 is 76.0 Å². The van der Waals surface area contributed by atoms with Crippen molar-refractivity contribution in [1.82, 2.24) is 0 Å². The van der Waals surface area contributed by atoms with E-state index >= 15 is 0 Å². The van der Waals surface area contributed by atoms with Crippen molar-refractivity contribution < 1.29 is 94.5 Å². The average Bonchev–Trinajstić information content (AvgIpc) is 3.49. The Morgan fingerprint density at radius 2 is 0.979 bits per heavy atom. The van der Waals surface area contributed by atoms with Crippen LogP contribution in [-0.4, -0.2) is 168 Å². The van der Waals surface area contributed by atoms with E-state index in [9.17, 15) is 46.8 Å². The fourth-order valence-electron chi connectivity index (χ4n) is 3.27. The van der Waals surface area contributed by atoms with Crippen LogP contribution in [0.15, 0.2) is 17.5 Å².